The SMILES string of the molecule is Cc1ccc(N(C)CCC2CCCN2)cc1. The van der Waals surface area contributed by atoms with Crippen LogP contribution in [0.2, 0.25) is 0 Å². The molecule has 0 spiro atoms. The summed E-state index contributed by atoms with van der Waals surface area (Å²) in [5.74, 6) is 0. The molecule has 1 aliphatic heterocycles. The van der Waals surface area contributed by atoms with E-state index in [1.807, 2.05) is 0 Å². The van der Waals surface area contributed by atoms with Crippen LogP contribution in [0.1, 0.15) is 24.8 Å². The second kappa shape index (κ2) is 5.35. The number of hydrogen-bond donors (Lipinski definition) is 1. The van der Waals surface area contributed by atoms with Crippen LogP contribution in [0.15, 0.2) is 24.3 Å². The third-order valence-corrected chi connectivity index (χ3v) is 3.45. The number of nitrogens with zero attached hydrogens (tertiary/aromatic N) is 1. The number of benzene rings is 1. The van der Waals surface area contributed by atoms with Crippen LogP contribution in [0, 0.1) is 6.92 Å². The molecule has 1 unspecified atom stereocenters. The Balaban J connectivity index is 1.82. The van der Waals surface area contributed by atoms with Gasteiger partial charge in [-0.1, -0.05) is 17.7 Å². The fraction of sp³-hybridized carbons (Fsp3) is 0.571. The van der Waals surface area contributed by atoms with Gasteiger partial charge in [-0.3, -0.25) is 0 Å². The molecule has 0 aromatic heterocycles. The highest BCUT2D eigenvalue weighted by molar-refractivity contribution is 5.46. The molecule has 16 heavy (non-hydrogen) atoms. The van der Waals surface area contributed by atoms with E-state index in [0.717, 1.165) is 12.6 Å². The minimum Gasteiger partial charge on any atom is -0.375 e. The molecule has 88 valence electrons. The molecule has 1 N–H and O–H groups in total. The smallest absolute Gasteiger partial charge is 0.0363 e. The standard InChI is InChI=1S/C14H22N2/c1-12-5-7-14(8-6-12)16(2)11-9-13-4-3-10-15-13/h5-8,13,15H,3-4,9-11H2,1-2H3. The van der Waals surface area contributed by atoms with Crippen molar-refractivity contribution in [1.29, 1.82) is 0 Å². The van der Waals surface area contributed by atoms with Gasteiger partial charge in [-0.25, -0.2) is 0 Å². The molecule has 1 aromatic carbocycles. The summed E-state index contributed by atoms with van der Waals surface area (Å²) in [5, 5.41) is 3.55. The largest absolute Gasteiger partial charge is 0.375 e. The van der Waals surface area contributed by atoms with E-state index in [-0.39, 0.29) is 0 Å². The first kappa shape index (κ1) is 11.5. The van der Waals surface area contributed by atoms with E-state index >= 15 is 0 Å². The second-order valence-corrected chi connectivity index (χ2v) is 4.84. The Labute approximate surface area is 98.7 Å². The predicted octanol–water partition coefficient (Wildman–Crippen LogP) is 2.57. The molecule has 2 nitrogen and oxygen atoms in total. The van der Waals surface area contributed by atoms with Crippen molar-refractivity contribution in [2.75, 3.05) is 25.0 Å². The van der Waals surface area contributed by atoms with Gasteiger partial charge in [-0.05, 0) is 44.9 Å². The van der Waals surface area contributed by atoms with Crippen molar-refractivity contribution in [3.63, 3.8) is 0 Å². The molecule has 0 radical (unpaired) electrons. The van der Waals surface area contributed by atoms with E-state index in [4.69, 9.17) is 0 Å². The van der Waals surface area contributed by atoms with Crippen LogP contribution in [0.5, 0.6) is 0 Å². The first-order chi connectivity index (χ1) is 7.75. The highest BCUT2D eigenvalue weighted by Crippen LogP contribution is 2.15. The molecule has 1 atom stereocenters. The van der Waals surface area contributed by atoms with Gasteiger partial charge >= 0.3 is 0 Å². The summed E-state index contributed by atoms with van der Waals surface area (Å²) in [4.78, 5) is 2.35. The maximum Gasteiger partial charge on any atom is 0.0363 e. The Morgan fingerprint density at radius 3 is 2.69 bits per heavy atom. The van der Waals surface area contributed by atoms with Gasteiger partial charge in [0.15, 0.2) is 0 Å². The number of nitrogens with one attached hydrogen (secondary N) is 1. The predicted molar refractivity (Wildman–Crippen MR) is 70.1 cm³/mol. The average molecular weight is 218 g/mol. The topological polar surface area (TPSA) is 15.3 Å². The van der Waals surface area contributed by atoms with Crippen LogP contribution in [0.25, 0.3) is 0 Å². The highest BCUT2D eigenvalue weighted by atomic mass is 15.1. The van der Waals surface area contributed by atoms with Gasteiger partial charge in [0.1, 0.15) is 0 Å². The summed E-state index contributed by atoms with van der Waals surface area (Å²) in [7, 11) is 2.18. The molecule has 1 saturated heterocycles. The molecule has 1 aliphatic rings. The van der Waals surface area contributed by atoms with Gasteiger partial charge in [-0.15, -0.1) is 0 Å². The molecule has 0 bridgehead atoms. The average Bonchev–Trinajstić information content (AvgIpc) is 2.80. The number of hydrogen-bond acceptors (Lipinski definition) is 2. The van der Waals surface area contributed by atoms with E-state index in [1.165, 1.54) is 37.1 Å². The summed E-state index contributed by atoms with van der Waals surface area (Å²) in [6.45, 7) is 4.48. The van der Waals surface area contributed by atoms with Crippen LogP contribution >= 0.6 is 0 Å². The van der Waals surface area contributed by atoms with Crippen LogP contribution in [0.4, 0.5) is 5.69 Å². The van der Waals surface area contributed by atoms with Crippen molar-refractivity contribution >= 4 is 5.69 Å². The van der Waals surface area contributed by atoms with Crippen molar-refractivity contribution in [3.05, 3.63) is 29.8 Å². The van der Waals surface area contributed by atoms with Gasteiger partial charge in [0.05, 0.1) is 0 Å². The monoisotopic (exact) mass is 218 g/mol. The lowest BCUT2D eigenvalue weighted by Crippen LogP contribution is -2.28. The van der Waals surface area contributed by atoms with E-state index in [0.29, 0.717) is 0 Å². The molecule has 1 heterocycles. The van der Waals surface area contributed by atoms with Crippen molar-refractivity contribution in [2.24, 2.45) is 0 Å². The zero-order chi connectivity index (χ0) is 11.4. The second-order valence-electron chi connectivity index (χ2n) is 4.84. The maximum atomic E-state index is 3.55. The number of rotatable bonds is 4. The molecule has 0 saturated carbocycles. The molecule has 0 aliphatic carbocycles. The highest BCUT2D eigenvalue weighted by Gasteiger charge is 2.14. The van der Waals surface area contributed by atoms with Crippen LogP contribution in [-0.4, -0.2) is 26.2 Å². The fourth-order valence-corrected chi connectivity index (χ4v) is 2.28. The first-order valence-corrected chi connectivity index (χ1v) is 6.27. The van der Waals surface area contributed by atoms with Gasteiger partial charge in [-0.2, -0.15) is 0 Å². The number of anilines is 1. The van der Waals surface area contributed by atoms with Crippen LogP contribution in [-0.2, 0) is 0 Å². The van der Waals surface area contributed by atoms with Crippen molar-refractivity contribution in [1.82, 2.24) is 5.32 Å². The first-order valence-electron chi connectivity index (χ1n) is 6.27. The normalized spacial score (nSPS) is 20.0. The minimum atomic E-state index is 0.743. The molecule has 1 aromatic rings. The minimum absolute atomic E-state index is 0.743. The van der Waals surface area contributed by atoms with Crippen molar-refractivity contribution in [3.8, 4) is 0 Å². The van der Waals surface area contributed by atoms with E-state index in [9.17, 15) is 0 Å². The maximum absolute atomic E-state index is 3.55. The summed E-state index contributed by atoms with van der Waals surface area (Å²) < 4.78 is 0. The molecule has 2 heteroatoms. The van der Waals surface area contributed by atoms with Gasteiger partial charge in [0.25, 0.3) is 0 Å². The van der Waals surface area contributed by atoms with Gasteiger partial charge in [0.2, 0.25) is 0 Å². The summed E-state index contributed by atoms with van der Waals surface area (Å²) in [6, 6.07) is 9.52. The van der Waals surface area contributed by atoms with Crippen LogP contribution in [0.3, 0.4) is 0 Å². The molecule has 2 rings (SSSR count). The van der Waals surface area contributed by atoms with E-state index in [1.54, 1.807) is 0 Å². The third kappa shape index (κ3) is 2.99. The lowest BCUT2D eigenvalue weighted by atomic mass is 10.1. The lowest BCUT2D eigenvalue weighted by molar-refractivity contribution is 0.559. The Bertz CT molecular complexity index is 312. The van der Waals surface area contributed by atoms with E-state index in [2.05, 4.69) is 48.5 Å². The van der Waals surface area contributed by atoms with Crippen molar-refractivity contribution < 1.29 is 0 Å². The van der Waals surface area contributed by atoms with E-state index < -0.39 is 0 Å². The quantitative estimate of drug-likeness (QED) is 0.835. The molecule has 0 amide bonds. The van der Waals surface area contributed by atoms with Gasteiger partial charge < -0.3 is 10.2 Å². The summed E-state index contributed by atoms with van der Waals surface area (Å²) in [6.07, 6.45) is 3.95. The Morgan fingerprint density at radius 2 is 2.06 bits per heavy atom. The number of aryl methyl sites for hydroxylation is 1. The van der Waals surface area contributed by atoms with Crippen molar-refractivity contribution in [2.45, 2.75) is 32.2 Å². The third-order valence-electron chi connectivity index (χ3n) is 3.45. The summed E-state index contributed by atoms with van der Waals surface area (Å²) in [5.41, 5.74) is 2.65. The molecular weight excluding hydrogens is 196 g/mol. The Kier molecular flexibility index (Phi) is 3.83. The lowest BCUT2D eigenvalue weighted by Gasteiger charge is -2.21. The Morgan fingerprint density at radius 1 is 1.31 bits per heavy atom. The zero-order valence-electron chi connectivity index (χ0n) is 10.4. The van der Waals surface area contributed by atoms with Crippen LogP contribution < -0.4 is 10.2 Å². The Hall–Kier alpha value is -1.02. The zero-order valence-corrected chi connectivity index (χ0v) is 10.4. The fourth-order valence-electron chi connectivity index (χ4n) is 2.28. The summed E-state index contributed by atoms with van der Waals surface area (Å²) >= 11 is 0. The molecule has 1 fully saturated rings. The molecular formula is C14H22N2. The van der Waals surface area contributed by atoms with Gasteiger partial charge in [0, 0.05) is 25.3 Å².